The molecule has 1 saturated heterocycles. The molecule has 0 aliphatic carbocycles. The summed E-state index contributed by atoms with van der Waals surface area (Å²) < 4.78 is 0. The maximum Gasteiger partial charge on any atom is 0.191 e. The van der Waals surface area contributed by atoms with Gasteiger partial charge in [0.05, 0.1) is 6.04 Å². The molecular formula is C21H31IN6. The van der Waals surface area contributed by atoms with E-state index in [1.807, 2.05) is 12.3 Å². The summed E-state index contributed by atoms with van der Waals surface area (Å²) in [5, 5.41) is 6.80. The third-order valence-electron chi connectivity index (χ3n) is 4.97. The molecule has 0 amide bonds. The van der Waals surface area contributed by atoms with E-state index in [9.17, 15) is 0 Å². The highest BCUT2D eigenvalue weighted by Gasteiger charge is 2.15. The van der Waals surface area contributed by atoms with Crippen molar-refractivity contribution in [3.63, 3.8) is 0 Å². The second kappa shape index (κ2) is 11.2. The van der Waals surface area contributed by atoms with Gasteiger partial charge in [0.25, 0.3) is 0 Å². The van der Waals surface area contributed by atoms with Crippen molar-refractivity contribution in [1.29, 1.82) is 0 Å². The topological polar surface area (TPSA) is 55.8 Å². The van der Waals surface area contributed by atoms with Crippen LogP contribution in [0.1, 0.15) is 24.1 Å². The van der Waals surface area contributed by atoms with Gasteiger partial charge in [-0.05, 0) is 31.2 Å². The van der Waals surface area contributed by atoms with E-state index in [0.717, 1.165) is 43.5 Å². The molecule has 6 nitrogen and oxygen atoms in total. The van der Waals surface area contributed by atoms with Crippen molar-refractivity contribution in [3.8, 4) is 0 Å². The lowest BCUT2D eigenvalue weighted by molar-refractivity contribution is 0.312. The number of nitrogens with one attached hydrogen (secondary N) is 2. The molecule has 3 rings (SSSR count). The zero-order valence-electron chi connectivity index (χ0n) is 16.9. The lowest BCUT2D eigenvalue weighted by Crippen LogP contribution is -2.44. The molecule has 1 aliphatic rings. The second-order valence-corrected chi connectivity index (χ2v) is 7.02. The summed E-state index contributed by atoms with van der Waals surface area (Å²) in [4.78, 5) is 13.7. The van der Waals surface area contributed by atoms with Crippen LogP contribution in [0, 0.1) is 0 Å². The lowest BCUT2D eigenvalue weighted by Gasteiger charge is -2.33. The minimum atomic E-state index is 0. The Labute approximate surface area is 185 Å². The normalized spacial score (nSPS) is 16.2. The summed E-state index contributed by atoms with van der Waals surface area (Å²) in [6, 6.07) is 14.8. The van der Waals surface area contributed by atoms with Gasteiger partial charge in [0.1, 0.15) is 5.82 Å². The predicted octanol–water partition coefficient (Wildman–Crippen LogP) is 2.88. The first-order valence-corrected chi connectivity index (χ1v) is 9.56. The molecule has 0 bridgehead atoms. The molecule has 2 aromatic rings. The number of halogens is 1. The molecular weight excluding hydrogens is 463 g/mol. The maximum atomic E-state index is 4.65. The van der Waals surface area contributed by atoms with Gasteiger partial charge in [-0.1, -0.05) is 36.4 Å². The van der Waals surface area contributed by atoms with Crippen molar-refractivity contribution in [2.45, 2.75) is 19.5 Å². The van der Waals surface area contributed by atoms with Crippen LogP contribution in [-0.4, -0.2) is 56.1 Å². The highest BCUT2D eigenvalue weighted by Crippen LogP contribution is 2.14. The fourth-order valence-electron chi connectivity index (χ4n) is 3.15. The molecule has 1 fully saturated rings. The van der Waals surface area contributed by atoms with Gasteiger partial charge in [0.15, 0.2) is 5.96 Å². The van der Waals surface area contributed by atoms with Gasteiger partial charge in [-0.2, -0.15) is 0 Å². The first-order valence-electron chi connectivity index (χ1n) is 9.56. The van der Waals surface area contributed by atoms with Crippen LogP contribution in [0.3, 0.4) is 0 Å². The lowest BCUT2D eigenvalue weighted by atomic mass is 10.1. The van der Waals surface area contributed by atoms with Gasteiger partial charge < -0.3 is 20.4 Å². The van der Waals surface area contributed by atoms with Crippen molar-refractivity contribution in [3.05, 3.63) is 59.8 Å². The number of anilines is 1. The summed E-state index contributed by atoms with van der Waals surface area (Å²) in [7, 11) is 3.96. The average molecular weight is 494 g/mol. The Balaban J connectivity index is 0.00000280. The van der Waals surface area contributed by atoms with Gasteiger partial charge in [-0.15, -0.1) is 24.0 Å². The maximum absolute atomic E-state index is 4.65. The van der Waals surface area contributed by atoms with E-state index in [1.54, 1.807) is 7.05 Å². The van der Waals surface area contributed by atoms with Crippen molar-refractivity contribution >= 4 is 35.8 Å². The number of piperazine rings is 1. The van der Waals surface area contributed by atoms with E-state index in [2.05, 4.69) is 80.8 Å². The molecule has 1 aliphatic heterocycles. The standard InChI is InChI=1S/C21H30N6.HI/c1-17(19-7-5-4-6-8-19)25-21(22-2)24-16-18-9-10-20(23-15-18)27-13-11-26(3)12-14-27;/h4-10,15,17H,11-14,16H2,1-3H3,(H2,22,24,25);1H. The zero-order chi connectivity index (χ0) is 19.1. The summed E-state index contributed by atoms with van der Waals surface area (Å²) in [5.41, 5.74) is 2.38. The molecule has 0 saturated carbocycles. The Bertz CT molecular complexity index is 726. The van der Waals surface area contributed by atoms with Crippen molar-refractivity contribution in [2.24, 2.45) is 4.99 Å². The molecule has 28 heavy (non-hydrogen) atoms. The Kier molecular flexibility index (Phi) is 8.98. The van der Waals surface area contributed by atoms with Gasteiger partial charge in [0.2, 0.25) is 0 Å². The molecule has 0 radical (unpaired) electrons. The Morgan fingerprint density at radius 3 is 2.43 bits per heavy atom. The van der Waals surface area contributed by atoms with Crippen LogP contribution in [0.15, 0.2) is 53.7 Å². The second-order valence-electron chi connectivity index (χ2n) is 7.02. The van der Waals surface area contributed by atoms with E-state index in [1.165, 1.54) is 5.56 Å². The van der Waals surface area contributed by atoms with Gasteiger partial charge in [-0.25, -0.2) is 4.98 Å². The average Bonchev–Trinajstić information content (AvgIpc) is 2.72. The van der Waals surface area contributed by atoms with Gasteiger partial charge >= 0.3 is 0 Å². The van der Waals surface area contributed by atoms with E-state index in [0.29, 0.717) is 6.54 Å². The van der Waals surface area contributed by atoms with E-state index >= 15 is 0 Å². The number of aromatic nitrogens is 1. The monoisotopic (exact) mass is 494 g/mol. The number of guanidine groups is 1. The molecule has 2 N–H and O–H groups in total. The van der Waals surface area contributed by atoms with Crippen LogP contribution in [0.2, 0.25) is 0 Å². The molecule has 0 spiro atoms. The summed E-state index contributed by atoms with van der Waals surface area (Å²) in [6.45, 7) is 7.08. The fourth-order valence-corrected chi connectivity index (χ4v) is 3.15. The first kappa shape index (κ1) is 22.4. The number of nitrogens with zero attached hydrogens (tertiary/aromatic N) is 4. The van der Waals surface area contributed by atoms with Crippen LogP contribution >= 0.6 is 24.0 Å². The molecule has 1 aromatic carbocycles. The number of pyridine rings is 1. The molecule has 152 valence electrons. The quantitative estimate of drug-likeness (QED) is 0.381. The number of benzene rings is 1. The number of rotatable bonds is 5. The molecule has 7 heteroatoms. The molecule has 2 heterocycles. The number of aliphatic imine (C=N–C) groups is 1. The molecule has 1 atom stereocenters. The van der Waals surface area contributed by atoms with Crippen molar-refractivity contribution < 1.29 is 0 Å². The third kappa shape index (κ3) is 6.34. The van der Waals surface area contributed by atoms with E-state index < -0.39 is 0 Å². The summed E-state index contributed by atoms with van der Waals surface area (Å²) in [5.74, 6) is 1.85. The number of hydrogen-bond donors (Lipinski definition) is 2. The zero-order valence-corrected chi connectivity index (χ0v) is 19.3. The Hall–Kier alpha value is -1.87. The number of hydrogen-bond acceptors (Lipinski definition) is 4. The number of likely N-dealkylation sites (N-methyl/N-ethyl adjacent to an activating group) is 1. The minimum absolute atomic E-state index is 0. The van der Waals surface area contributed by atoms with Crippen LogP contribution in [0.5, 0.6) is 0 Å². The summed E-state index contributed by atoms with van der Waals surface area (Å²) in [6.07, 6.45) is 1.95. The fraction of sp³-hybridized carbons (Fsp3) is 0.429. The molecule has 1 aromatic heterocycles. The smallest absolute Gasteiger partial charge is 0.191 e. The van der Waals surface area contributed by atoms with Crippen LogP contribution in [-0.2, 0) is 6.54 Å². The van der Waals surface area contributed by atoms with Gasteiger partial charge in [-0.3, -0.25) is 4.99 Å². The Morgan fingerprint density at radius 2 is 1.82 bits per heavy atom. The first-order chi connectivity index (χ1) is 13.2. The summed E-state index contributed by atoms with van der Waals surface area (Å²) >= 11 is 0. The van der Waals surface area contributed by atoms with Gasteiger partial charge in [0, 0.05) is 46.0 Å². The third-order valence-corrected chi connectivity index (χ3v) is 4.97. The van der Waals surface area contributed by atoms with Crippen LogP contribution in [0.25, 0.3) is 0 Å². The largest absolute Gasteiger partial charge is 0.354 e. The van der Waals surface area contributed by atoms with Crippen molar-refractivity contribution in [2.75, 3.05) is 45.2 Å². The van der Waals surface area contributed by atoms with E-state index in [-0.39, 0.29) is 30.0 Å². The predicted molar refractivity (Wildman–Crippen MR) is 128 cm³/mol. The SMILES string of the molecule is CN=C(NCc1ccc(N2CCN(C)CC2)nc1)NC(C)c1ccccc1.I. The van der Waals surface area contributed by atoms with E-state index in [4.69, 9.17) is 0 Å². The highest BCUT2D eigenvalue weighted by atomic mass is 127. The van der Waals surface area contributed by atoms with Crippen LogP contribution < -0.4 is 15.5 Å². The van der Waals surface area contributed by atoms with Crippen LogP contribution in [0.4, 0.5) is 5.82 Å². The highest BCUT2D eigenvalue weighted by molar-refractivity contribution is 14.0. The Morgan fingerprint density at radius 1 is 1.11 bits per heavy atom. The van der Waals surface area contributed by atoms with Crippen molar-refractivity contribution in [1.82, 2.24) is 20.5 Å². The minimum Gasteiger partial charge on any atom is -0.354 e. The molecule has 1 unspecified atom stereocenters.